The third kappa shape index (κ3) is 7.30. The monoisotopic (exact) mass is 742 g/mol. The number of nitrogens with one attached hydrogen (secondary N) is 2. The summed E-state index contributed by atoms with van der Waals surface area (Å²) in [5, 5.41) is 17.7. The standard InChI is InChI=1S/C38H35ClN4O6S2/c1-37(2,3)49-29(44)19-27(32(45)41-30-33(46)43-31(35(47)48)23(20-39)21-50-34(30)43)28-22-51-36(40-28)42-38(24-13-7-4-8-14-24,25-15-9-5-10-16-25)26-17-11-6-12-18-26/h4-19,22,30,34H,20-21H2,1-3H3,(H,40,42)(H,41,45)(H,47,48)/t30?,34-/m0/s1. The lowest BCUT2D eigenvalue weighted by Gasteiger charge is -2.49. The third-order valence-electron chi connectivity index (χ3n) is 8.31. The van der Waals surface area contributed by atoms with Crippen molar-refractivity contribution in [1.82, 2.24) is 15.2 Å². The number of aromatic nitrogens is 1. The number of halogens is 1. The highest BCUT2D eigenvalue weighted by Gasteiger charge is 2.54. The molecule has 3 aromatic carbocycles. The number of nitrogens with zero attached hydrogens (tertiary/aromatic N) is 2. The van der Waals surface area contributed by atoms with Crippen LogP contribution in [0.1, 0.15) is 43.2 Å². The molecule has 2 atom stereocenters. The van der Waals surface area contributed by atoms with Gasteiger partial charge in [-0.2, -0.15) is 0 Å². The zero-order chi connectivity index (χ0) is 36.3. The van der Waals surface area contributed by atoms with E-state index in [-0.39, 0.29) is 22.8 Å². The van der Waals surface area contributed by atoms with E-state index in [2.05, 4.69) is 10.6 Å². The first-order valence-corrected chi connectivity index (χ1v) is 18.5. The summed E-state index contributed by atoms with van der Waals surface area (Å²) in [5.41, 5.74) is 1.45. The summed E-state index contributed by atoms with van der Waals surface area (Å²) in [6, 6.07) is 28.8. The largest absolute Gasteiger partial charge is 0.477 e. The predicted molar refractivity (Wildman–Crippen MR) is 199 cm³/mol. The number of carbonyl (C=O) groups is 4. The summed E-state index contributed by atoms with van der Waals surface area (Å²) in [5.74, 6) is -3.10. The Hall–Kier alpha value is -4.91. The minimum atomic E-state index is -1.26. The Morgan fingerprint density at radius 1 is 0.961 bits per heavy atom. The molecular formula is C38H35ClN4O6S2. The zero-order valence-corrected chi connectivity index (χ0v) is 30.4. The van der Waals surface area contributed by atoms with Gasteiger partial charge in [-0.3, -0.25) is 14.5 Å². The van der Waals surface area contributed by atoms with Crippen molar-refractivity contribution >= 4 is 69.2 Å². The van der Waals surface area contributed by atoms with E-state index in [0.717, 1.165) is 27.7 Å². The van der Waals surface area contributed by atoms with Gasteiger partial charge in [0.25, 0.3) is 11.8 Å². The van der Waals surface area contributed by atoms with Crippen LogP contribution in [0.4, 0.5) is 5.13 Å². The van der Waals surface area contributed by atoms with Gasteiger partial charge in [-0.1, -0.05) is 91.0 Å². The fraction of sp³-hybridized carbons (Fsp3) is 0.237. The van der Waals surface area contributed by atoms with Gasteiger partial charge in [0.05, 0.1) is 11.3 Å². The number of hydrogen-bond acceptors (Lipinski definition) is 9. The van der Waals surface area contributed by atoms with Crippen molar-refractivity contribution in [2.75, 3.05) is 16.9 Å². The molecule has 1 unspecified atom stereocenters. The number of ether oxygens (including phenoxy) is 1. The van der Waals surface area contributed by atoms with Crippen molar-refractivity contribution in [2.45, 2.75) is 43.3 Å². The second-order valence-corrected chi connectivity index (χ2v) is 15.1. The van der Waals surface area contributed by atoms with Gasteiger partial charge < -0.3 is 20.5 Å². The van der Waals surface area contributed by atoms with Gasteiger partial charge in [-0.15, -0.1) is 34.7 Å². The Morgan fingerprint density at radius 3 is 2.00 bits per heavy atom. The average Bonchev–Trinajstić information content (AvgIpc) is 3.59. The van der Waals surface area contributed by atoms with E-state index in [9.17, 15) is 24.3 Å². The molecule has 2 aliphatic rings. The summed E-state index contributed by atoms with van der Waals surface area (Å²) in [7, 11) is 0. The molecule has 1 fully saturated rings. The SMILES string of the molecule is CC(C)(C)OC(=O)C=C(C(=O)NC1C(=O)N2C(C(=O)O)=C(CCl)CS[C@@H]12)c1csc(NC(c2ccccc2)(c2ccccc2)c2ccccc2)n1. The molecule has 4 aromatic rings. The first kappa shape index (κ1) is 35.9. The topological polar surface area (TPSA) is 138 Å². The number of alkyl halides is 1. The molecule has 3 N–H and O–H groups in total. The van der Waals surface area contributed by atoms with E-state index >= 15 is 0 Å². The molecule has 13 heteroatoms. The summed E-state index contributed by atoms with van der Waals surface area (Å²) < 4.78 is 5.52. The maximum Gasteiger partial charge on any atom is 0.352 e. The van der Waals surface area contributed by atoms with Gasteiger partial charge in [-0.05, 0) is 43.0 Å². The Labute approximate surface area is 308 Å². The Balaban J connectivity index is 1.36. The number of rotatable bonds is 11. The molecule has 2 aliphatic heterocycles. The second kappa shape index (κ2) is 14.7. The molecule has 262 valence electrons. The highest BCUT2D eigenvalue weighted by atomic mass is 35.5. The number of β-lactam (4-membered cyclic amide) rings is 1. The molecule has 6 rings (SSSR count). The van der Waals surface area contributed by atoms with Gasteiger partial charge in [-0.25, -0.2) is 14.6 Å². The number of aliphatic carboxylic acids is 1. The highest BCUT2D eigenvalue weighted by molar-refractivity contribution is 8.00. The van der Waals surface area contributed by atoms with Crippen molar-refractivity contribution in [3.05, 3.63) is 136 Å². The molecule has 51 heavy (non-hydrogen) atoms. The molecule has 0 radical (unpaired) electrons. The van der Waals surface area contributed by atoms with Gasteiger partial charge in [0.1, 0.15) is 28.3 Å². The molecule has 1 saturated heterocycles. The molecule has 10 nitrogen and oxygen atoms in total. The van der Waals surface area contributed by atoms with Crippen molar-refractivity contribution in [1.29, 1.82) is 0 Å². The van der Waals surface area contributed by atoms with E-state index in [0.29, 0.717) is 16.5 Å². The van der Waals surface area contributed by atoms with Crippen molar-refractivity contribution in [3.8, 4) is 0 Å². The number of thioether (sulfide) groups is 1. The molecular weight excluding hydrogens is 708 g/mol. The number of carboxylic acids is 1. The van der Waals surface area contributed by atoms with Crippen LogP contribution in [0.25, 0.3) is 5.57 Å². The third-order valence-corrected chi connectivity index (χ3v) is 10.7. The molecule has 1 aromatic heterocycles. The van der Waals surface area contributed by atoms with Crippen LogP contribution >= 0.6 is 34.7 Å². The van der Waals surface area contributed by atoms with Crippen LogP contribution in [0.3, 0.4) is 0 Å². The number of amides is 2. The maximum atomic E-state index is 14.0. The first-order chi connectivity index (χ1) is 24.4. The quantitative estimate of drug-likeness (QED) is 0.0536. The Kier molecular flexibility index (Phi) is 10.4. The van der Waals surface area contributed by atoms with Crippen molar-refractivity contribution < 1.29 is 29.0 Å². The molecule has 3 heterocycles. The van der Waals surface area contributed by atoms with E-state index in [1.54, 1.807) is 26.2 Å². The average molecular weight is 743 g/mol. The minimum absolute atomic E-state index is 0.0365. The maximum absolute atomic E-state index is 14.0. The van der Waals surface area contributed by atoms with Gasteiger partial charge in [0.2, 0.25) is 0 Å². The number of esters is 1. The van der Waals surface area contributed by atoms with Crippen LogP contribution in [-0.2, 0) is 29.5 Å². The summed E-state index contributed by atoms with van der Waals surface area (Å²) in [4.78, 5) is 58.3. The number of thiazole rings is 1. The van der Waals surface area contributed by atoms with E-state index in [1.165, 1.54) is 23.1 Å². The first-order valence-electron chi connectivity index (χ1n) is 16.0. The smallest absolute Gasteiger partial charge is 0.352 e. The van der Waals surface area contributed by atoms with Crippen LogP contribution in [0.15, 0.2) is 114 Å². The van der Waals surface area contributed by atoms with E-state index in [4.69, 9.17) is 21.3 Å². The van der Waals surface area contributed by atoms with E-state index < -0.39 is 46.3 Å². The lowest BCUT2D eigenvalue weighted by atomic mass is 9.77. The number of anilines is 1. The molecule has 0 saturated carbocycles. The van der Waals surface area contributed by atoms with Crippen LogP contribution in [0.5, 0.6) is 0 Å². The summed E-state index contributed by atoms with van der Waals surface area (Å²) in [6.07, 6.45) is 1.07. The van der Waals surface area contributed by atoms with E-state index in [1.807, 2.05) is 91.0 Å². The Bertz CT molecular complexity index is 1910. The zero-order valence-electron chi connectivity index (χ0n) is 28.0. The molecule has 0 aliphatic carbocycles. The number of benzene rings is 3. The normalized spacial score (nSPS) is 17.7. The number of fused-ring (bicyclic) bond motifs is 1. The van der Waals surface area contributed by atoms with Gasteiger partial charge in [0, 0.05) is 23.1 Å². The highest BCUT2D eigenvalue weighted by Crippen LogP contribution is 2.42. The molecule has 0 bridgehead atoms. The molecule has 0 spiro atoms. The van der Waals surface area contributed by atoms with Crippen LogP contribution < -0.4 is 10.6 Å². The van der Waals surface area contributed by atoms with Crippen molar-refractivity contribution in [2.24, 2.45) is 0 Å². The minimum Gasteiger partial charge on any atom is -0.477 e. The van der Waals surface area contributed by atoms with Gasteiger partial charge >= 0.3 is 11.9 Å². The summed E-state index contributed by atoms with van der Waals surface area (Å²) in [6.45, 7) is 5.14. The second-order valence-electron chi connectivity index (χ2n) is 12.9. The fourth-order valence-electron chi connectivity index (χ4n) is 6.11. The predicted octanol–water partition coefficient (Wildman–Crippen LogP) is 6.25. The lowest BCUT2D eigenvalue weighted by molar-refractivity contribution is -0.150. The van der Waals surface area contributed by atoms with Crippen LogP contribution in [0.2, 0.25) is 0 Å². The Morgan fingerprint density at radius 2 is 1.51 bits per heavy atom. The van der Waals surface area contributed by atoms with Gasteiger partial charge in [0.15, 0.2) is 5.13 Å². The van der Waals surface area contributed by atoms with Crippen LogP contribution in [-0.4, -0.2) is 67.4 Å². The summed E-state index contributed by atoms with van der Waals surface area (Å²) >= 11 is 8.53. The molecule has 2 amide bonds. The number of hydrogen-bond donors (Lipinski definition) is 3. The lowest BCUT2D eigenvalue weighted by Crippen LogP contribution is -2.70. The van der Waals surface area contributed by atoms with Crippen molar-refractivity contribution in [3.63, 3.8) is 0 Å². The number of carbonyl (C=O) groups excluding carboxylic acids is 3. The number of carboxylic acid groups (broad SMARTS) is 1. The fourth-order valence-corrected chi connectivity index (χ4v) is 8.55. The van der Waals surface area contributed by atoms with Crippen LogP contribution in [0, 0.1) is 0 Å².